The van der Waals surface area contributed by atoms with E-state index in [1.54, 1.807) is 0 Å². The van der Waals surface area contributed by atoms with Gasteiger partial charge in [0.15, 0.2) is 23.3 Å². The van der Waals surface area contributed by atoms with Crippen LogP contribution in [-0.4, -0.2) is 177 Å². The number of nitrogens with one attached hydrogen (secondary N) is 4. The number of hydrogen-bond donors (Lipinski definition) is 9. The second-order valence-electron chi connectivity index (χ2n) is 15.9. The molecule has 18 heteroatoms. The Morgan fingerprint density at radius 2 is 0.780 bits per heavy atom. The summed E-state index contributed by atoms with van der Waals surface area (Å²) in [5.74, 6) is -9.69. The number of nitrogens with two attached hydrogens (primary N) is 5. The zero-order chi connectivity index (χ0) is 44.1. The monoisotopic (exact) mass is 854 g/mol. The van der Waals surface area contributed by atoms with Gasteiger partial charge in [0.1, 0.15) is 0 Å². The van der Waals surface area contributed by atoms with E-state index in [0.29, 0.717) is 52.4 Å². The van der Waals surface area contributed by atoms with Gasteiger partial charge in [-0.2, -0.15) is 0 Å². The van der Waals surface area contributed by atoms with Crippen LogP contribution in [0.15, 0.2) is 0 Å². The van der Waals surface area contributed by atoms with Gasteiger partial charge in [0.25, 0.3) is 0 Å². The van der Waals surface area contributed by atoms with Crippen LogP contribution in [0.2, 0.25) is 0 Å². The van der Waals surface area contributed by atoms with E-state index in [-0.39, 0.29) is 17.4 Å². The molecule has 0 bridgehead atoms. The van der Waals surface area contributed by atoms with Crippen molar-refractivity contribution in [3.05, 3.63) is 34.6 Å². The van der Waals surface area contributed by atoms with Crippen molar-refractivity contribution in [1.29, 1.82) is 0 Å². The zero-order valence-corrected chi connectivity index (χ0v) is 37.1. The standard InChI is InChI=1S/C41H84F5N13/c1-5-40(6-2,30-50)32-55-17-23-58(27-25-56(18-10-48)22-16-54-29-34-35(42)37(44)39(46)38(45)36(34)43)28-26-57(20-13-52-12-9-47)21-14-53-15-24-59(19-11-49)33-41(7-3,8-4)31-51/h52-55H,5-33,47-51H2,1-4H3. The van der Waals surface area contributed by atoms with E-state index < -0.39 is 41.2 Å². The number of nitrogens with zero attached hydrogens (tertiary/aromatic N) is 4. The lowest BCUT2D eigenvalue weighted by Crippen LogP contribution is -2.47. The average molecular weight is 854 g/mol. The Labute approximate surface area is 353 Å². The number of hydrogen-bond acceptors (Lipinski definition) is 13. The first-order chi connectivity index (χ1) is 28.4. The lowest BCUT2D eigenvalue weighted by atomic mass is 9.82. The van der Waals surface area contributed by atoms with Crippen molar-refractivity contribution in [1.82, 2.24) is 40.9 Å². The van der Waals surface area contributed by atoms with E-state index in [2.05, 4.69) is 68.6 Å². The topological polar surface area (TPSA) is 191 Å². The smallest absolute Gasteiger partial charge is 0.200 e. The molecular weight excluding hydrogens is 770 g/mol. The van der Waals surface area contributed by atoms with Gasteiger partial charge in [0.2, 0.25) is 5.82 Å². The van der Waals surface area contributed by atoms with Crippen LogP contribution in [0.25, 0.3) is 0 Å². The Morgan fingerprint density at radius 3 is 1.22 bits per heavy atom. The normalized spacial score (nSPS) is 12.7. The molecule has 0 saturated heterocycles. The molecule has 0 spiro atoms. The van der Waals surface area contributed by atoms with Crippen molar-refractivity contribution in [2.75, 3.05) is 157 Å². The van der Waals surface area contributed by atoms with Gasteiger partial charge in [0, 0.05) is 156 Å². The van der Waals surface area contributed by atoms with Crippen LogP contribution in [0.5, 0.6) is 0 Å². The van der Waals surface area contributed by atoms with E-state index in [4.69, 9.17) is 28.7 Å². The van der Waals surface area contributed by atoms with Crippen LogP contribution < -0.4 is 49.9 Å². The molecule has 0 aliphatic heterocycles. The van der Waals surface area contributed by atoms with Crippen molar-refractivity contribution >= 4 is 0 Å². The third-order valence-electron chi connectivity index (χ3n) is 12.2. The summed E-state index contributed by atoms with van der Waals surface area (Å²) >= 11 is 0. The molecule has 0 fully saturated rings. The van der Waals surface area contributed by atoms with Crippen LogP contribution >= 0.6 is 0 Å². The van der Waals surface area contributed by atoms with Gasteiger partial charge < -0.3 is 54.8 Å². The molecular formula is C41H84F5N13. The van der Waals surface area contributed by atoms with Crippen molar-refractivity contribution < 1.29 is 22.0 Å². The van der Waals surface area contributed by atoms with Crippen LogP contribution in [0.3, 0.4) is 0 Å². The van der Waals surface area contributed by atoms with Crippen molar-refractivity contribution in [2.45, 2.75) is 59.9 Å². The second kappa shape index (κ2) is 32.1. The molecule has 1 aromatic carbocycles. The highest BCUT2D eigenvalue weighted by Gasteiger charge is 2.28. The maximum Gasteiger partial charge on any atom is 0.200 e. The molecule has 0 amide bonds. The van der Waals surface area contributed by atoms with E-state index in [1.807, 2.05) is 0 Å². The lowest BCUT2D eigenvalue weighted by molar-refractivity contribution is 0.146. The van der Waals surface area contributed by atoms with Gasteiger partial charge in [-0.05, 0) is 49.6 Å². The molecule has 348 valence electrons. The van der Waals surface area contributed by atoms with Crippen LogP contribution in [0, 0.1) is 39.9 Å². The predicted octanol–water partition coefficient (Wildman–Crippen LogP) is 0.855. The first-order valence-corrected chi connectivity index (χ1v) is 22.1. The highest BCUT2D eigenvalue weighted by molar-refractivity contribution is 5.24. The summed E-state index contributed by atoms with van der Waals surface area (Å²) < 4.78 is 69.4. The van der Waals surface area contributed by atoms with Gasteiger partial charge in [-0.3, -0.25) is 14.7 Å². The molecule has 0 aliphatic rings. The number of benzene rings is 1. The minimum atomic E-state index is -2.16. The molecule has 59 heavy (non-hydrogen) atoms. The highest BCUT2D eigenvalue weighted by Crippen LogP contribution is 2.26. The summed E-state index contributed by atoms with van der Waals surface area (Å²) in [5, 5.41) is 13.6. The molecule has 0 aromatic heterocycles. The maximum atomic E-state index is 14.2. The molecule has 13 nitrogen and oxygen atoms in total. The molecule has 0 saturated carbocycles. The minimum absolute atomic E-state index is 0.0637. The fourth-order valence-electron chi connectivity index (χ4n) is 7.28. The minimum Gasteiger partial charge on any atom is -0.330 e. The molecule has 0 atom stereocenters. The van der Waals surface area contributed by atoms with E-state index in [9.17, 15) is 22.0 Å². The number of halogens is 5. The molecule has 0 heterocycles. The lowest BCUT2D eigenvalue weighted by Gasteiger charge is -2.36. The van der Waals surface area contributed by atoms with Crippen LogP contribution in [0.4, 0.5) is 22.0 Å². The van der Waals surface area contributed by atoms with Gasteiger partial charge >= 0.3 is 0 Å². The van der Waals surface area contributed by atoms with E-state index >= 15 is 0 Å². The van der Waals surface area contributed by atoms with Crippen molar-refractivity contribution in [3.8, 4) is 0 Å². The average Bonchev–Trinajstić information content (AvgIpc) is 3.25. The van der Waals surface area contributed by atoms with Crippen molar-refractivity contribution in [2.24, 2.45) is 39.5 Å². The summed E-state index contributed by atoms with van der Waals surface area (Å²) in [6.07, 6.45) is 4.08. The van der Waals surface area contributed by atoms with Crippen LogP contribution in [0.1, 0.15) is 58.9 Å². The quantitative estimate of drug-likeness (QED) is 0.0197. The second-order valence-corrected chi connectivity index (χ2v) is 15.9. The van der Waals surface area contributed by atoms with Crippen molar-refractivity contribution in [3.63, 3.8) is 0 Å². The highest BCUT2D eigenvalue weighted by atomic mass is 19.2. The Hall–Kier alpha value is -1.65. The van der Waals surface area contributed by atoms with Crippen LogP contribution in [-0.2, 0) is 6.54 Å². The third-order valence-corrected chi connectivity index (χ3v) is 12.2. The van der Waals surface area contributed by atoms with E-state index in [0.717, 1.165) is 124 Å². The molecule has 0 aliphatic carbocycles. The largest absolute Gasteiger partial charge is 0.330 e. The Kier molecular flexibility index (Phi) is 30.1. The summed E-state index contributed by atoms with van der Waals surface area (Å²) in [4.78, 5) is 9.48. The molecule has 0 unspecified atom stereocenters. The number of rotatable bonds is 39. The first-order valence-electron chi connectivity index (χ1n) is 22.1. The summed E-state index contributed by atoms with van der Waals surface area (Å²) in [7, 11) is 0. The first kappa shape index (κ1) is 55.4. The Morgan fingerprint density at radius 1 is 0.407 bits per heavy atom. The Bertz CT molecular complexity index is 1170. The van der Waals surface area contributed by atoms with Gasteiger partial charge in [-0.1, -0.05) is 27.7 Å². The fourth-order valence-corrected chi connectivity index (χ4v) is 7.28. The molecule has 1 rings (SSSR count). The third kappa shape index (κ3) is 20.4. The van der Waals surface area contributed by atoms with Gasteiger partial charge in [-0.25, -0.2) is 22.0 Å². The molecule has 1 aromatic rings. The maximum absolute atomic E-state index is 14.2. The summed E-state index contributed by atoms with van der Waals surface area (Å²) in [5.41, 5.74) is 29.4. The van der Waals surface area contributed by atoms with E-state index in [1.165, 1.54) is 0 Å². The predicted molar refractivity (Wildman–Crippen MR) is 234 cm³/mol. The SMILES string of the molecule is CCC(CC)(CN)CNCCN(CCN(CCN)CCNCc1c(F)c(F)c(F)c(F)c1F)CCN(CCNCCN)CCNCCN(CCN)CC(CC)(CC)CN. The van der Waals surface area contributed by atoms with Gasteiger partial charge in [-0.15, -0.1) is 0 Å². The fraction of sp³-hybridized carbons (Fsp3) is 0.854. The van der Waals surface area contributed by atoms with Gasteiger partial charge in [0.05, 0.1) is 0 Å². The molecule has 0 radical (unpaired) electrons. The summed E-state index contributed by atoms with van der Waals surface area (Å²) in [6, 6.07) is 0. The Balaban J connectivity index is 2.95. The zero-order valence-electron chi connectivity index (χ0n) is 37.1. The summed E-state index contributed by atoms with van der Waals surface area (Å²) in [6.45, 7) is 25.8. The molecule has 14 N–H and O–H groups in total.